The second kappa shape index (κ2) is 13.3. The van der Waals surface area contributed by atoms with Gasteiger partial charge in [-0.2, -0.15) is 0 Å². The molecule has 1 saturated heterocycles. The SMILES string of the molecule is Cc1cn(-c2cc(CN3CCCC[C@H]3C(N)=O)cc(NC(=O)c3ccc(C)c(Nc4nccc(-c5ccc(F)cc5)n4)c3)c2)cn1. The van der Waals surface area contributed by atoms with E-state index >= 15 is 0 Å². The molecule has 1 aliphatic heterocycles. The molecule has 10 nitrogen and oxygen atoms in total. The minimum absolute atomic E-state index is 0.290. The van der Waals surface area contributed by atoms with Crippen LogP contribution in [-0.2, 0) is 11.3 Å². The van der Waals surface area contributed by atoms with Gasteiger partial charge in [-0.15, -0.1) is 0 Å². The Morgan fingerprint density at radius 2 is 1.83 bits per heavy atom. The lowest BCUT2D eigenvalue weighted by atomic mass is 10.0. The summed E-state index contributed by atoms with van der Waals surface area (Å²) in [6, 6.07) is 18.8. The fourth-order valence-corrected chi connectivity index (χ4v) is 5.71. The molecule has 1 fully saturated rings. The van der Waals surface area contributed by atoms with Crippen molar-refractivity contribution < 1.29 is 14.0 Å². The number of imidazole rings is 1. The van der Waals surface area contributed by atoms with Crippen LogP contribution in [0.2, 0.25) is 0 Å². The molecule has 0 unspecified atom stereocenters. The molecule has 2 amide bonds. The Kier molecular flexibility index (Phi) is 8.84. The van der Waals surface area contributed by atoms with Gasteiger partial charge >= 0.3 is 0 Å². The summed E-state index contributed by atoms with van der Waals surface area (Å²) in [7, 11) is 0. The Hall–Kier alpha value is -5.42. The molecule has 1 atom stereocenters. The minimum Gasteiger partial charge on any atom is -0.368 e. The van der Waals surface area contributed by atoms with Crippen LogP contribution in [0.4, 0.5) is 21.7 Å². The van der Waals surface area contributed by atoms with E-state index in [-0.39, 0.29) is 23.7 Å². The number of carbonyl (C=O) groups excluding carboxylic acids is 2. The molecule has 0 radical (unpaired) electrons. The highest BCUT2D eigenvalue weighted by Crippen LogP contribution is 2.26. The molecule has 0 bridgehead atoms. The van der Waals surface area contributed by atoms with Crippen LogP contribution in [0.5, 0.6) is 0 Å². The molecule has 6 rings (SSSR count). The molecule has 0 saturated carbocycles. The molecule has 234 valence electrons. The lowest BCUT2D eigenvalue weighted by molar-refractivity contribution is -0.124. The Morgan fingerprint density at radius 1 is 1.00 bits per heavy atom. The van der Waals surface area contributed by atoms with Crippen molar-refractivity contribution in [3.63, 3.8) is 0 Å². The quantitative estimate of drug-likeness (QED) is 0.187. The summed E-state index contributed by atoms with van der Waals surface area (Å²) in [5.41, 5.74) is 12.4. The maximum absolute atomic E-state index is 13.6. The van der Waals surface area contributed by atoms with E-state index in [0.717, 1.165) is 53.9 Å². The number of aromatic nitrogens is 4. The van der Waals surface area contributed by atoms with Crippen molar-refractivity contribution in [1.82, 2.24) is 24.4 Å². The van der Waals surface area contributed by atoms with Gasteiger partial charge in [-0.1, -0.05) is 12.5 Å². The molecule has 11 heteroatoms. The molecular weight excluding hydrogens is 583 g/mol. The summed E-state index contributed by atoms with van der Waals surface area (Å²) in [4.78, 5) is 41.2. The molecule has 0 aliphatic carbocycles. The molecule has 1 aliphatic rings. The Morgan fingerprint density at radius 3 is 2.59 bits per heavy atom. The van der Waals surface area contributed by atoms with Gasteiger partial charge in [0.2, 0.25) is 11.9 Å². The summed E-state index contributed by atoms with van der Waals surface area (Å²) in [6.45, 7) is 5.14. The summed E-state index contributed by atoms with van der Waals surface area (Å²) in [5, 5.41) is 6.28. The van der Waals surface area contributed by atoms with E-state index in [0.29, 0.717) is 35.1 Å². The molecule has 3 heterocycles. The molecule has 2 aromatic heterocycles. The zero-order chi connectivity index (χ0) is 32.2. The van der Waals surface area contributed by atoms with Gasteiger partial charge in [-0.05, 0) is 105 Å². The number of nitrogens with one attached hydrogen (secondary N) is 2. The topological polar surface area (TPSA) is 131 Å². The van der Waals surface area contributed by atoms with E-state index in [9.17, 15) is 14.0 Å². The van der Waals surface area contributed by atoms with Gasteiger partial charge in [0, 0.05) is 47.1 Å². The number of halogens is 1. The maximum Gasteiger partial charge on any atom is 0.255 e. The van der Waals surface area contributed by atoms with E-state index in [4.69, 9.17) is 5.73 Å². The van der Waals surface area contributed by atoms with Crippen LogP contribution < -0.4 is 16.4 Å². The fourth-order valence-electron chi connectivity index (χ4n) is 5.71. The smallest absolute Gasteiger partial charge is 0.255 e. The van der Waals surface area contributed by atoms with Crippen LogP contribution >= 0.6 is 0 Å². The molecule has 5 aromatic rings. The van der Waals surface area contributed by atoms with Gasteiger partial charge in [-0.25, -0.2) is 19.3 Å². The number of nitrogens with zero attached hydrogens (tertiary/aromatic N) is 5. The first-order valence-corrected chi connectivity index (χ1v) is 15.2. The highest BCUT2D eigenvalue weighted by Gasteiger charge is 2.27. The summed E-state index contributed by atoms with van der Waals surface area (Å²) >= 11 is 0. The average Bonchev–Trinajstić information content (AvgIpc) is 3.49. The van der Waals surface area contributed by atoms with Crippen molar-refractivity contribution >= 4 is 29.1 Å². The van der Waals surface area contributed by atoms with E-state index in [2.05, 4.69) is 30.5 Å². The van der Waals surface area contributed by atoms with E-state index in [1.54, 1.807) is 42.9 Å². The number of anilines is 3. The van der Waals surface area contributed by atoms with E-state index in [1.807, 2.05) is 48.9 Å². The highest BCUT2D eigenvalue weighted by molar-refractivity contribution is 6.05. The standard InChI is InChI=1S/C35H35FN8O2/c1-22-6-7-26(17-31(22)42-35-38-13-12-30(41-35)25-8-10-27(36)11-9-25)34(46)40-28-15-24(16-29(18-28)44-19-23(2)39-21-44)20-43-14-4-3-5-32(43)33(37)45/h6-13,15-19,21,32H,3-5,14,20H2,1-2H3,(H2,37,45)(H,40,46)(H,38,41,42)/t32-/m0/s1. The number of rotatable bonds is 9. The van der Waals surface area contributed by atoms with E-state index < -0.39 is 0 Å². The largest absolute Gasteiger partial charge is 0.368 e. The number of amides is 2. The number of aryl methyl sites for hydroxylation is 2. The van der Waals surface area contributed by atoms with Crippen LogP contribution in [0.1, 0.15) is 46.4 Å². The molecular formula is C35H35FN8O2. The number of likely N-dealkylation sites (tertiary alicyclic amines) is 1. The zero-order valence-electron chi connectivity index (χ0n) is 25.7. The molecule has 46 heavy (non-hydrogen) atoms. The maximum atomic E-state index is 13.6. The second-order valence-electron chi connectivity index (χ2n) is 11.6. The number of primary amides is 1. The average molecular weight is 619 g/mol. The van der Waals surface area contributed by atoms with Gasteiger partial charge in [0.15, 0.2) is 0 Å². The lowest BCUT2D eigenvalue weighted by Crippen LogP contribution is -2.47. The predicted molar refractivity (Wildman–Crippen MR) is 175 cm³/mol. The van der Waals surface area contributed by atoms with Crippen LogP contribution in [0.15, 0.2) is 85.5 Å². The first-order chi connectivity index (χ1) is 22.2. The van der Waals surface area contributed by atoms with Crippen LogP contribution in [0.25, 0.3) is 16.9 Å². The summed E-state index contributed by atoms with van der Waals surface area (Å²) in [6.07, 6.45) is 7.99. The lowest BCUT2D eigenvalue weighted by Gasteiger charge is -2.33. The zero-order valence-corrected chi connectivity index (χ0v) is 25.7. The van der Waals surface area contributed by atoms with Crippen LogP contribution in [0.3, 0.4) is 0 Å². The van der Waals surface area contributed by atoms with Gasteiger partial charge < -0.3 is 20.9 Å². The number of piperidine rings is 1. The third-order valence-corrected chi connectivity index (χ3v) is 8.11. The fraction of sp³-hybridized carbons (Fsp3) is 0.229. The second-order valence-corrected chi connectivity index (χ2v) is 11.6. The predicted octanol–water partition coefficient (Wildman–Crippen LogP) is 5.92. The van der Waals surface area contributed by atoms with Crippen molar-refractivity contribution in [3.8, 4) is 16.9 Å². The number of benzene rings is 3. The van der Waals surface area contributed by atoms with Gasteiger partial charge in [0.25, 0.3) is 5.91 Å². The van der Waals surface area contributed by atoms with Crippen molar-refractivity contribution in [2.75, 3.05) is 17.2 Å². The van der Waals surface area contributed by atoms with Gasteiger partial charge in [-0.3, -0.25) is 14.5 Å². The Balaban J connectivity index is 1.24. The van der Waals surface area contributed by atoms with Crippen molar-refractivity contribution in [1.29, 1.82) is 0 Å². The number of nitrogens with two attached hydrogens (primary N) is 1. The van der Waals surface area contributed by atoms with E-state index in [1.165, 1.54) is 12.1 Å². The normalized spacial score (nSPS) is 15.0. The van der Waals surface area contributed by atoms with Crippen molar-refractivity contribution in [3.05, 3.63) is 114 Å². The van der Waals surface area contributed by atoms with Crippen LogP contribution in [-0.4, -0.2) is 48.8 Å². The van der Waals surface area contributed by atoms with Crippen LogP contribution in [0, 0.1) is 19.7 Å². The first kappa shape index (κ1) is 30.6. The third-order valence-electron chi connectivity index (χ3n) is 8.11. The molecule has 4 N–H and O–H groups in total. The van der Waals surface area contributed by atoms with Gasteiger partial charge in [0.1, 0.15) is 5.82 Å². The Labute approximate surface area is 266 Å². The monoisotopic (exact) mass is 618 g/mol. The van der Waals surface area contributed by atoms with Gasteiger partial charge in [0.05, 0.1) is 23.8 Å². The minimum atomic E-state index is -0.319. The number of hydrogen-bond acceptors (Lipinski definition) is 7. The number of hydrogen-bond donors (Lipinski definition) is 3. The van der Waals surface area contributed by atoms with Crippen molar-refractivity contribution in [2.24, 2.45) is 5.73 Å². The molecule has 3 aromatic carbocycles. The first-order valence-electron chi connectivity index (χ1n) is 15.2. The number of carbonyl (C=O) groups is 2. The third kappa shape index (κ3) is 7.10. The summed E-state index contributed by atoms with van der Waals surface area (Å²) < 4.78 is 15.3. The molecule has 0 spiro atoms. The Bertz CT molecular complexity index is 1890. The highest BCUT2D eigenvalue weighted by atomic mass is 19.1. The van der Waals surface area contributed by atoms with Crippen molar-refractivity contribution in [2.45, 2.75) is 45.7 Å². The summed E-state index contributed by atoms with van der Waals surface area (Å²) in [5.74, 6) is -0.573.